The average Bonchev–Trinajstić information content (AvgIpc) is 2.27. The van der Waals surface area contributed by atoms with Crippen LogP contribution in [0, 0.1) is 0 Å². The van der Waals surface area contributed by atoms with Gasteiger partial charge in [0.2, 0.25) is 0 Å². The second-order valence-corrected chi connectivity index (χ2v) is 3.15. The van der Waals surface area contributed by atoms with Gasteiger partial charge in [0.05, 0.1) is 26.2 Å². The first-order valence-electron chi connectivity index (χ1n) is 4.64. The predicted octanol–water partition coefficient (Wildman–Crippen LogP) is 1.04. The number of carbonyl (C=O) groups excluding carboxylic acids is 1. The molecule has 1 aromatic heterocycles. The van der Waals surface area contributed by atoms with E-state index >= 15 is 0 Å². The van der Waals surface area contributed by atoms with E-state index in [1.54, 1.807) is 0 Å². The number of pyridine rings is 1. The number of rotatable bonds is 4. The third-order valence-electron chi connectivity index (χ3n) is 2.11. The Morgan fingerprint density at radius 1 is 1.47 bits per heavy atom. The highest BCUT2D eigenvalue weighted by Gasteiger charge is 2.22. The van der Waals surface area contributed by atoms with Crippen molar-refractivity contribution in [2.24, 2.45) is 0 Å². The van der Waals surface area contributed by atoms with E-state index in [1.165, 1.54) is 7.11 Å². The molecule has 0 saturated heterocycles. The first-order chi connectivity index (χ1) is 7.99. The number of carbonyl (C=O) groups is 1. The molecule has 94 valence electrons. The Morgan fingerprint density at radius 2 is 2.12 bits per heavy atom. The van der Waals surface area contributed by atoms with Crippen LogP contribution >= 0.6 is 0 Å². The number of ether oxygens (including phenoxy) is 2. The van der Waals surface area contributed by atoms with Gasteiger partial charge in [-0.15, -0.1) is 0 Å². The number of aromatic nitrogens is 1. The van der Waals surface area contributed by atoms with E-state index in [4.69, 9.17) is 4.74 Å². The van der Waals surface area contributed by atoms with Crippen LogP contribution in [0.4, 0.5) is 8.78 Å². The molecule has 17 heavy (non-hydrogen) atoms. The summed E-state index contributed by atoms with van der Waals surface area (Å²) in [6.45, 7) is 0. The van der Waals surface area contributed by atoms with Crippen molar-refractivity contribution in [2.45, 2.75) is 12.8 Å². The van der Waals surface area contributed by atoms with Crippen molar-refractivity contribution in [3.05, 3.63) is 27.7 Å². The number of aromatic amines is 1. The van der Waals surface area contributed by atoms with Crippen molar-refractivity contribution < 1.29 is 23.0 Å². The van der Waals surface area contributed by atoms with Gasteiger partial charge in [-0.05, 0) is 0 Å². The summed E-state index contributed by atoms with van der Waals surface area (Å²) < 4.78 is 34.7. The van der Waals surface area contributed by atoms with E-state index in [0.717, 1.165) is 13.2 Å². The molecule has 0 amide bonds. The van der Waals surface area contributed by atoms with Gasteiger partial charge >= 0.3 is 5.97 Å². The van der Waals surface area contributed by atoms with Crippen molar-refractivity contribution in [1.29, 1.82) is 0 Å². The van der Waals surface area contributed by atoms with Gasteiger partial charge < -0.3 is 14.5 Å². The van der Waals surface area contributed by atoms with E-state index in [0.29, 0.717) is 0 Å². The topological polar surface area (TPSA) is 68.4 Å². The molecular formula is C10H11F2NO4. The molecule has 0 unspecified atom stereocenters. The van der Waals surface area contributed by atoms with Crippen molar-refractivity contribution in [3.8, 4) is 5.75 Å². The molecule has 0 saturated carbocycles. The van der Waals surface area contributed by atoms with Gasteiger partial charge in [0, 0.05) is 11.8 Å². The van der Waals surface area contributed by atoms with Gasteiger partial charge in [0.25, 0.3) is 12.0 Å². The lowest BCUT2D eigenvalue weighted by atomic mass is 10.1. The third-order valence-corrected chi connectivity index (χ3v) is 2.11. The van der Waals surface area contributed by atoms with Gasteiger partial charge in [0.1, 0.15) is 5.75 Å². The lowest BCUT2D eigenvalue weighted by Crippen LogP contribution is -2.16. The standard InChI is InChI=1S/C10H11F2NO4/c1-16-6-4-7(14)13-5(3-8(15)17-2)9(6)10(11)12/h4,10H,3H2,1-2H3,(H,13,14). The summed E-state index contributed by atoms with van der Waals surface area (Å²) in [5, 5.41) is 0. The highest BCUT2D eigenvalue weighted by atomic mass is 19.3. The second-order valence-electron chi connectivity index (χ2n) is 3.15. The Morgan fingerprint density at radius 3 is 2.59 bits per heavy atom. The fraction of sp³-hybridized carbons (Fsp3) is 0.400. The number of alkyl halides is 2. The smallest absolute Gasteiger partial charge is 0.311 e. The zero-order valence-corrected chi connectivity index (χ0v) is 9.25. The summed E-state index contributed by atoms with van der Waals surface area (Å²) >= 11 is 0. The Labute approximate surface area is 95.4 Å². The highest BCUT2D eigenvalue weighted by Crippen LogP contribution is 2.30. The SMILES string of the molecule is COC(=O)Cc1[nH]c(=O)cc(OC)c1C(F)F. The summed E-state index contributed by atoms with van der Waals surface area (Å²) in [7, 11) is 2.30. The summed E-state index contributed by atoms with van der Waals surface area (Å²) in [4.78, 5) is 24.4. The second kappa shape index (κ2) is 5.42. The van der Waals surface area contributed by atoms with E-state index < -0.39 is 29.9 Å². The maximum absolute atomic E-state index is 12.8. The number of hydrogen-bond acceptors (Lipinski definition) is 4. The lowest BCUT2D eigenvalue weighted by Gasteiger charge is -2.11. The molecule has 1 N–H and O–H groups in total. The lowest BCUT2D eigenvalue weighted by molar-refractivity contribution is -0.139. The Hall–Kier alpha value is -1.92. The molecule has 1 heterocycles. The van der Waals surface area contributed by atoms with Crippen LogP contribution in [0.15, 0.2) is 10.9 Å². The maximum atomic E-state index is 12.8. The number of nitrogens with one attached hydrogen (secondary N) is 1. The van der Waals surface area contributed by atoms with Gasteiger partial charge in [-0.2, -0.15) is 0 Å². The fourth-order valence-corrected chi connectivity index (χ4v) is 1.36. The van der Waals surface area contributed by atoms with Crippen LogP contribution in [0.25, 0.3) is 0 Å². The maximum Gasteiger partial charge on any atom is 0.311 e. The van der Waals surface area contributed by atoms with Crippen molar-refractivity contribution >= 4 is 5.97 Å². The zero-order chi connectivity index (χ0) is 13.0. The van der Waals surface area contributed by atoms with Gasteiger partial charge in [0.15, 0.2) is 0 Å². The van der Waals surface area contributed by atoms with Crippen molar-refractivity contribution in [3.63, 3.8) is 0 Å². The first-order valence-corrected chi connectivity index (χ1v) is 4.64. The van der Waals surface area contributed by atoms with Crippen molar-refractivity contribution in [2.75, 3.05) is 14.2 Å². The third kappa shape index (κ3) is 3.02. The summed E-state index contributed by atoms with van der Waals surface area (Å²) in [6.07, 6.45) is -3.30. The van der Waals surface area contributed by atoms with E-state index in [1.807, 2.05) is 0 Å². The highest BCUT2D eigenvalue weighted by molar-refractivity contribution is 5.72. The van der Waals surface area contributed by atoms with Gasteiger partial charge in [-0.3, -0.25) is 9.59 Å². The summed E-state index contributed by atoms with van der Waals surface area (Å²) in [5.74, 6) is -0.974. The van der Waals surface area contributed by atoms with Crippen LogP contribution in [0.2, 0.25) is 0 Å². The molecule has 5 nitrogen and oxygen atoms in total. The molecule has 1 aromatic rings. The molecule has 0 spiro atoms. The average molecular weight is 247 g/mol. The Kier molecular flexibility index (Phi) is 4.19. The predicted molar refractivity (Wildman–Crippen MR) is 54.3 cm³/mol. The fourth-order valence-electron chi connectivity index (χ4n) is 1.36. The van der Waals surface area contributed by atoms with Crippen LogP contribution in [-0.4, -0.2) is 25.2 Å². The molecule has 0 aliphatic carbocycles. The van der Waals surface area contributed by atoms with Crippen LogP contribution in [0.1, 0.15) is 17.7 Å². The molecule has 0 aliphatic heterocycles. The minimum absolute atomic E-state index is 0.198. The van der Waals surface area contributed by atoms with Crippen LogP contribution in [0.3, 0.4) is 0 Å². The molecule has 1 rings (SSSR count). The number of H-pyrrole nitrogens is 1. The van der Waals surface area contributed by atoms with E-state index in [2.05, 4.69) is 9.72 Å². The number of hydrogen-bond donors (Lipinski definition) is 1. The van der Waals surface area contributed by atoms with Crippen LogP contribution < -0.4 is 10.3 Å². The monoisotopic (exact) mass is 247 g/mol. The number of halogens is 2. The zero-order valence-electron chi connectivity index (χ0n) is 9.25. The molecule has 0 radical (unpaired) electrons. The Bertz CT molecular complexity index is 470. The first kappa shape index (κ1) is 13.1. The van der Waals surface area contributed by atoms with Crippen LogP contribution in [0.5, 0.6) is 5.75 Å². The number of methoxy groups -OCH3 is 2. The largest absolute Gasteiger partial charge is 0.496 e. The summed E-state index contributed by atoms with van der Waals surface area (Å²) in [6, 6.07) is 0.905. The van der Waals surface area contributed by atoms with Crippen LogP contribution in [-0.2, 0) is 16.0 Å². The minimum Gasteiger partial charge on any atom is -0.496 e. The Balaban J connectivity index is 3.30. The van der Waals surface area contributed by atoms with E-state index in [9.17, 15) is 18.4 Å². The summed E-state index contributed by atoms with van der Waals surface area (Å²) in [5.41, 5.74) is -1.32. The molecule has 0 atom stereocenters. The van der Waals surface area contributed by atoms with Gasteiger partial charge in [-0.1, -0.05) is 0 Å². The number of esters is 1. The molecular weight excluding hydrogens is 236 g/mol. The van der Waals surface area contributed by atoms with Crippen molar-refractivity contribution in [1.82, 2.24) is 4.98 Å². The molecule has 0 bridgehead atoms. The quantitative estimate of drug-likeness (QED) is 0.807. The molecule has 0 aliphatic rings. The molecule has 0 fully saturated rings. The molecule has 7 heteroatoms. The normalized spacial score (nSPS) is 10.4. The van der Waals surface area contributed by atoms with Gasteiger partial charge in [-0.25, -0.2) is 8.78 Å². The molecule has 0 aromatic carbocycles. The van der Waals surface area contributed by atoms with E-state index in [-0.39, 0.29) is 11.4 Å². The minimum atomic E-state index is -2.86.